The van der Waals surface area contributed by atoms with Crippen LogP contribution >= 0.6 is 11.6 Å². The minimum absolute atomic E-state index is 0.0416. The van der Waals surface area contributed by atoms with Gasteiger partial charge < -0.3 is 9.73 Å². The van der Waals surface area contributed by atoms with Gasteiger partial charge in [0, 0.05) is 18.5 Å². The van der Waals surface area contributed by atoms with Crippen LogP contribution in [0.3, 0.4) is 0 Å². The van der Waals surface area contributed by atoms with Crippen molar-refractivity contribution in [3.63, 3.8) is 0 Å². The maximum Gasteiger partial charge on any atom is 0.247 e. The standard InChI is InChI=1S/C12H13ClFN3O/c1-2-15-6-5-11-16-17-12(18-11)8-3-4-10(14)9(13)7-8/h3-4,7,15H,2,5-6H2,1H3. The average molecular weight is 270 g/mol. The molecule has 0 aliphatic heterocycles. The SMILES string of the molecule is CCNCCc1nnc(-c2ccc(F)c(Cl)c2)o1. The lowest BCUT2D eigenvalue weighted by atomic mass is 10.2. The lowest BCUT2D eigenvalue weighted by molar-refractivity contribution is 0.496. The molecule has 0 aliphatic rings. The first kappa shape index (κ1) is 13.0. The first-order valence-corrected chi connectivity index (χ1v) is 6.07. The molecular weight excluding hydrogens is 257 g/mol. The van der Waals surface area contributed by atoms with Gasteiger partial charge >= 0.3 is 0 Å². The Kier molecular flexibility index (Phi) is 4.28. The summed E-state index contributed by atoms with van der Waals surface area (Å²) in [4.78, 5) is 0. The number of likely N-dealkylation sites (N-methyl/N-ethyl adjacent to an activating group) is 1. The van der Waals surface area contributed by atoms with Gasteiger partial charge in [-0.25, -0.2) is 4.39 Å². The van der Waals surface area contributed by atoms with Gasteiger partial charge in [-0.05, 0) is 24.7 Å². The summed E-state index contributed by atoms with van der Waals surface area (Å²) in [6.45, 7) is 3.70. The van der Waals surface area contributed by atoms with Gasteiger partial charge in [0.25, 0.3) is 0 Å². The van der Waals surface area contributed by atoms with Crippen LogP contribution < -0.4 is 5.32 Å². The molecule has 1 aromatic carbocycles. The van der Waals surface area contributed by atoms with Crippen molar-refractivity contribution >= 4 is 11.6 Å². The molecule has 1 aromatic heterocycles. The first-order valence-electron chi connectivity index (χ1n) is 5.69. The molecule has 0 fully saturated rings. The van der Waals surface area contributed by atoms with Crippen molar-refractivity contribution in [2.75, 3.05) is 13.1 Å². The molecule has 0 bridgehead atoms. The lowest BCUT2D eigenvalue weighted by Crippen LogP contribution is -2.16. The van der Waals surface area contributed by atoms with E-state index < -0.39 is 5.82 Å². The number of hydrogen-bond donors (Lipinski definition) is 1. The summed E-state index contributed by atoms with van der Waals surface area (Å²) in [7, 11) is 0. The minimum Gasteiger partial charge on any atom is -0.421 e. The van der Waals surface area contributed by atoms with E-state index in [0.717, 1.165) is 13.1 Å². The summed E-state index contributed by atoms with van der Waals surface area (Å²) in [5, 5.41) is 11.0. The molecule has 0 atom stereocenters. The summed E-state index contributed by atoms with van der Waals surface area (Å²) in [6, 6.07) is 4.31. The van der Waals surface area contributed by atoms with Crippen LogP contribution in [-0.4, -0.2) is 23.3 Å². The van der Waals surface area contributed by atoms with Crippen molar-refractivity contribution in [1.82, 2.24) is 15.5 Å². The first-order chi connectivity index (χ1) is 8.70. The van der Waals surface area contributed by atoms with E-state index in [0.29, 0.717) is 23.8 Å². The zero-order chi connectivity index (χ0) is 13.0. The van der Waals surface area contributed by atoms with E-state index in [9.17, 15) is 4.39 Å². The summed E-state index contributed by atoms with van der Waals surface area (Å²) in [5.41, 5.74) is 0.614. The highest BCUT2D eigenvalue weighted by Crippen LogP contribution is 2.23. The highest BCUT2D eigenvalue weighted by Gasteiger charge is 2.10. The Morgan fingerprint density at radius 1 is 1.39 bits per heavy atom. The molecule has 18 heavy (non-hydrogen) atoms. The molecule has 1 N–H and O–H groups in total. The smallest absolute Gasteiger partial charge is 0.247 e. The molecule has 6 heteroatoms. The Morgan fingerprint density at radius 2 is 2.22 bits per heavy atom. The predicted octanol–water partition coefficient (Wildman–Crippen LogP) is 2.68. The van der Waals surface area contributed by atoms with Crippen molar-refractivity contribution < 1.29 is 8.81 Å². The maximum absolute atomic E-state index is 13.0. The number of hydrogen-bond acceptors (Lipinski definition) is 4. The van der Waals surface area contributed by atoms with Gasteiger partial charge in [-0.15, -0.1) is 10.2 Å². The second-order valence-electron chi connectivity index (χ2n) is 3.73. The Morgan fingerprint density at radius 3 is 2.94 bits per heavy atom. The monoisotopic (exact) mass is 269 g/mol. The Bertz CT molecular complexity index is 530. The minimum atomic E-state index is -0.465. The Hall–Kier alpha value is -1.46. The fourth-order valence-corrected chi connectivity index (χ4v) is 1.65. The molecule has 0 aliphatic carbocycles. The van der Waals surface area contributed by atoms with E-state index in [2.05, 4.69) is 15.5 Å². The largest absolute Gasteiger partial charge is 0.421 e. The zero-order valence-corrected chi connectivity index (χ0v) is 10.7. The van der Waals surface area contributed by atoms with Gasteiger partial charge in [-0.3, -0.25) is 0 Å². The molecule has 0 spiro atoms. The fourth-order valence-electron chi connectivity index (χ4n) is 1.47. The van der Waals surface area contributed by atoms with Gasteiger partial charge in [0.2, 0.25) is 11.8 Å². The molecule has 0 saturated heterocycles. The number of nitrogens with one attached hydrogen (secondary N) is 1. The Balaban J connectivity index is 2.11. The maximum atomic E-state index is 13.0. The summed E-state index contributed by atoms with van der Waals surface area (Å²) >= 11 is 5.70. The van der Waals surface area contributed by atoms with Crippen LogP contribution in [0.25, 0.3) is 11.5 Å². The van der Waals surface area contributed by atoms with Gasteiger partial charge in [0.1, 0.15) is 5.82 Å². The fraction of sp³-hybridized carbons (Fsp3) is 0.333. The van der Waals surface area contributed by atoms with E-state index in [4.69, 9.17) is 16.0 Å². The molecule has 1 heterocycles. The van der Waals surface area contributed by atoms with Crippen LogP contribution in [-0.2, 0) is 6.42 Å². The zero-order valence-electron chi connectivity index (χ0n) is 9.91. The van der Waals surface area contributed by atoms with Gasteiger partial charge in [0.15, 0.2) is 0 Å². The molecule has 0 unspecified atom stereocenters. The van der Waals surface area contributed by atoms with Crippen molar-refractivity contribution in [3.05, 3.63) is 34.9 Å². The van der Waals surface area contributed by atoms with Gasteiger partial charge in [-0.1, -0.05) is 18.5 Å². The Labute approximate surface area is 109 Å². The third-order valence-electron chi connectivity index (χ3n) is 2.40. The third kappa shape index (κ3) is 3.05. The van der Waals surface area contributed by atoms with Crippen LogP contribution in [0, 0.1) is 5.82 Å². The topological polar surface area (TPSA) is 51.0 Å². The molecule has 0 saturated carbocycles. The summed E-state index contributed by atoms with van der Waals surface area (Å²) in [5.74, 6) is 0.432. The summed E-state index contributed by atoms with van der Waals surface area (Å²) < 4.78 is 18.5. The highest BCUT2D eigenvalue weighted by atomic mass is 35.5. The molecule has 0 radical (unpaired) electrons. The average Bonchev–Trinajstić information content (AvgIpc) is 2.82. The normalized spacial score (nSPS) is 10.8. The van der Waals surface area contributed by atoms with E-state index in [1.165, 1.54) is 12.1 Å². The van der Waals surface area contributed by atoms with E-state index in [-0.39, 0.29) is 5.02 Å². The van der Waals surface area contributed by atoms with E-state index in [1.54, 1.807) is 6.07 Å². The van der Waals surface area contributed by atoms with Crippen LogP contribution in [0.5, 0.6) is 0 Å². The third-order valence-corrected chi connectivity index (χ3v) is 2.69. The highest BCUT2D eigenvalue weighted by molar-refractivity contribution is 6.31. The van der Waals surface area contributed by atoms with Crippen LogP contribution in [0.15, 0.2) is 22.6 Å². The number of halogens is 2. The number of nitrogens with zero attached hydrogens (tertiary/aromatic N) is 2. The van der Waals surface area contributed by atoms with Crippen molar-refractivity contribution in [1.29, 1.82) is 0 Å². The van der Waals surface area contributed by atoms with E-state index in [1.807, 2.05) is 6.92 Å². The van der Waals surface area contributed by atoms with Crippen molar-refractivity contribution in [3.8, 4) is 11.5 Å². The van der Waals surface area contributed by atoms with Gasteiger partial charge in [0.05, 0.1) is 5.02 Å². The van der Waals surface area contributed by atoms with Crippen molar-refractivity contribution in [2.45, 2.75) is 13.3 Å². The van der Waals surface area contributed by atoms with E-state index >= 15 is 0 Å². The van der Waals surface area contributed by atoms with Crippen LogP contribution in [0.2, 0.25) is 5.02 Å². The predicted molar refractivity (Wildman–Crippen MR) is 66.9 cm³/mol. The lowest BCUT2D eigenvalue weighted by Gasteiger charge is -1.98. The molecular formula is C12H13ClFN3O. The second kappa shape index (κ2) is 5.93. The molecule has 2 aromatic rings. The molecule has 96 valence electrons. The number of rotatable bonds is 5. The van der Waals surface area contributed by atoms with Gasteiger partial charge in [-0.2, -0.15) is 0 Å². The molecule has 4 nitrogen and oxygen atoms in total. The molecule has 2 rings (SSSR count). The summed E-state index contributed by atoms with van der Waals surface area (Å²) in [6.07, 6.45) is 0.662. The quantitative estimate of drug-likeness (QED) is 0.848. The second-order valence-corrected chi connectivity index (χ2v) is 4.14. The van der Waals surface area contributed by atoms with Crippen LogP contribution in [0.1, 0.15) is 12.8 Å². The molecule has 0 amide bonds. The van der Waals surface area contributed by atoms with Crippen LogP contribution in [0.4, 0.5) is 4.39 Å². The van der Waals surface area contributed by atoms with Crippen molar-refractivity contribution in [2.24, 2.45) is 0 Å². The number of benzene rings is 1. The number of aromatic nitrogens is 2.